The molecule has 0 saturated carbocycles. The van der Waals surface area contributed by atoms with E-state index in [9.17, 15) is 9.59 Å². The van der Waals surface area contributed by atoms with Crippen LogP contribution in [0.3, 0.4) is 0 Å². The zero-order chi connectivity index (χ0) is 19.1. The summed E-state index contributed by atoms with van der Waals surface area (Å²) in [5, 5.41) is 9.54. The van der Waals surface area contributed by atoms with Crippen molar-refractivity contribution >= 4 is 34.4 Å². The van der Waals surface area contributed by atoms with Gasteiger partial charge in [0.15, 0.2) is 0 Å². The molecule has 1 aromatic heterocycles. The van der Waals surface area contributed by atoms with Gasteiger partial charge in [0.1, 0.15) is 12.7 Å². The molecule has 7 nitrogen and oxygen atoms in total. The second-order valence-corrected chi connectivity index (χ2v) is 7.01. The van der Waals surface area contributed by atoms with E-state index in [1.165, 1.54) is 6.33 Å². The maximum Gasteiger partial charge on any atom is 0.252 e. The molecule has 27 heavy (non-hydrogen) atoms. The Morgan fingerprint density at radius 1 is 1.04 bits per heavy atom. The molecule has 2 aromatic carbocycles. The molecule has 0 spiro atoms. The highest BCUT2D eigenvalue weighted by atomic mass is 127. The monoisotopic (exact) mass is 475 g/mol. The van der Waals surface area contributed by atoms with Gasteiger partial charge in [-0.15, -0.1) is 0 Å². The van der Waals surface area contributed by atoms with E-state index < -0.39 is 0 Å². The summed E-state index contributed by atoms with van der Waals surface area (Å²) in [5.41, 5.74) is 2.61. The Morgan fingerprint density at radius 3 is 2.63 bits per heavy atom. The molecule has 3 aromatic rings. The first kappa shape index (κ1) is 19.0. The number of amides is 2. The maximum absolute atomic E-state index is 12.1. The van der Waals surface area contributed by atoms with Crippen LogP contribution in [0.2, 0.25) is 0 Å². The van der Waals surface area contributed by atoms with Crippen molar-refractivity contribution in [1.29, 1.82) is 0 Å². The Balaban J connectivity index is 1.48. The lowest BCUT2D eigenvalue weighted by Crippen LogP contribution is -2.36. The third kappa shape index (κ3) is 5.61. The Labute approximate surface area is 170 Å². The third-order valence-electron chi connectivity index (χ3n) is 3.82. The summed E-state index contributed by atoms with van der Waals surface area (Å²) < 4.78 is 2.58. The van der Waals surface area contributed by atoms with Crippen LogP contribution in [0.4, 0.5) is 0 Å². The molecule has 8 heteroatoms. The molecule has 3 rings (SSSR count). The first-order chi connectivity index (χ1) is 13.1. The number of hydrogen-bond acceptors (Lipinski definition) is 4. The highest BCUT2D eigenvalue weighted by Gasteiger charge is 2.10. The van der Waals surface area contributed by atoms with Crippen LogP contribution in [0.5, 0.6) is 0 Å². The van der Waals surface area contributed by atoms with Crippen molar-refractivity contribution in [3.63, 3.8) is 0 Å². The number of nitrogens with one attached hydrogen (secondary N) is 2. The van der Waals surface area contributed by atoms with Gasteiger partial charge in [-0.25, -0.2) is 9.67 Å². The lowest BCUT2D eigenvalue weighted by molar-refractivity contribution is -0.120. The predicted octanol–water partition coefficient (Wildman–Crippen LogP) is 1.98. The van der Waals surface area contributed by atoms with Crippen molar-refractivity contribution in [3.05, 3.63) is 81.4 Å². The summed E-state index contributed by atoms with van der Waals surface area (Å²) in [7, 11) is 0. The van der Waals surface area contributed by atoms with Gasteiger partial charge < -0.3 is 10.6 Å². The van der Waals surface area contributed by atoms with Crippen LogP contribution in [0.15, 0.2) is 61.2 Å². The fourth-order valence-electron chi connectivity index (χ4n) is 2.50. The normalized spacial score (nSPS) is 10.4. The van der Waals surface area contributed by atoms with Gasteiger partial charge in [0.25, 0.3) is 5.91 Å². The van der Waals surface area contributed by atoms with Gasteiger partial charge in [0.05, 0.1) is 18.7 Å². The van der Waals surface area contributed by atoms with E-state index in [-0.39, 0.29) is 18.4 Å². The maximum atomic E-state index is 12.1. The zero-order valence-corrected chi connectivity index (χ0v) is 16.6. The molecule has 0 aliphatic heterocycles. The highest BCUT2D eigenvalue weighted by molar-refractivity contribution is 14.1. The molecule has 2 N–H and O–H groups in total. The van der Waals surface area contributed by atoms with Gasteiger partial charge in [0.2, 0.25) is 5.91 Å². The van der Waals surface area contributed by atoms with Gasteiger partial charge in [-0.1, -0.05) is 36.4 Å². The Morgan fingerprint density at radius 2 is 1.85 bits per heavy atom. The number of halogens is 1. The summed E-state index contributed by atoms with van der Waals surface area (Å²) >= 11 is 2.10. The van der Waals surface area contributed by atoms with Crippen LogP contribution in [0, 0.1) is 3.57 Å². The minimum absolute atomic E-state index is 0.0670. The van der Waals surface area contributed by atoms with E-state index in [0.717, 1.165) is 14.7 Å². The fraction of sp³-hybridized carbons (Fsp3) is 0.158. The summed E-state index contributed by atoms with van der Waals surface area (Å²) in [6.07, 6.45) is 3.15. The minimum atomic E-state index is -0.259. The van der Waals surface area contributed by atoms with Gasteiger partial charge in [-0.2, -0.15) is 5.10 Å². The molecule has 1 heterocycles. The first-order valence-corrected chi connectivity index (χ1v) is 9.39. The molecule has 0 aliphatic rings. The van der Waals surface area contributed by atoms with E-state index in [1.54, 1.807) is 23.1 Å². The average Bonchev–Trinajstić information content (AvgIpc) is 3.18. The topological polar surface area (TPSA) is 88.9 Å². The zero-order valence-electron chi connectivity index (χ0n) is 14.4. The molecule has 138 valence electrons. The van der Waals surface area contributed by atoms with Gasteiger partial charge >= 0.3 is 0 Å². The standard InChI is InChI=1S/C19H18IN5O2/c20-17-7-2-1-6-16(17)19(27)23-10-18(26)22-9-14-4-3-5-15(8-14)11-25-13-21-12-24-25/h1-8,12-13H,9-11H2,(H,22,26)(H,23,27). The van der Waals surface area contributed by atoms with Crippen molar-refractivity contribution in [3.8, 4) is 0 Å². The van der Waals surface area contributed by atoms with Crippen LogP contribution in [-0.2, 0) is 17.9 Å². The molecule has 0 radical (unpaired) electrons. The summed E-state index contributed by atoms with van der Waals surface area (Å²) in [6, 6.07) is 15.1. The summed E-state index contributed by atoms with van der Waals surface area (Å²) in [5.74, 6) is -0.499. The number of rotatable bonds is 7. The number of carbonyl (C=O) groups excluding carboxylic acids is 2. The van der Waals surface area contributed by atoms with E-state index in [4.69, 9.17) is 0 Å². The largest absolute Gasteiger partial charge is 0.350 e. The molecule has 2 amide bonds. The van der Waals surface area contributed by atoms with Crippen molar-refractivity contribution < 1.29 is 9.59 Å². The molecule has 0 unspecified atom stereocenters. The minimum Gasteiger partial charge on any atom is -0.350 e. The van der Waals surface area contributed by atoms with Crippen LogP contribution < -0.4 is 10.6 Å². The Hall–Kier alpha value is -2.75. The lowest BCUT2D eigenvalue weighted by Gasteiger charge is -2.09. The van der Waals surface area contributed by atoms with Gasteiger partial charge in [-0.05, 0) is 45.9 Å². The molecule has 0 atom stereocenters. The smallest absolute Gasteiger partial charge is 0.252 e. The number of hydrogen-bond donors (Lipinski definition) is 2. The molecular formula is C19H18IN5O2. The second kappa shape index (κ2) is 9.26. The molecular weight excluding hydrogens is 457 g/mol. The van der Waals surface area contributed by atoms with E-state index in [2.05, 4.69) is 43.3 Å². The summed E-state index contributed by atoms with van der Waals surface area (Å²) in [4.78, 5) is 28.1. The highest BCUT2D eigenvalue weighted by Crippen LogP contribution is 2.11. The lowest BCUT2D eigenvalue weighted by atomic mass is 10.1. The SMILES string of the molecule is O=C(CNC(=O)c1ccccc1I)NCc1cccc(Cn2cncn2)c1. The van der Waals surface area contributed by atoms with Crippen molar-refractivity contribution in [1.82, 2.24) is 25.4 Å². The molecule has 0 bridgehead atoms. The van der Waals surface area contributed by atoms with E-state index in [1.807, 2.05) is 36.4 Å². The van der Waals surface area contributed by atoms with E-state index >= 15 is 0 Å². The first-order valence-electron chi connectivity index (χ1n) is 8.31. The Kier molecular flexibility index (Phi) is 6.53. The second-order valence-electron chi connectivity index (χ2n) is 5.85. The van der Waals surface area contributed by atoms with Crippen LogP contribution >= 0.6 is 22.6 Å². The van der Waals surface area contributed by atoms with Crippen molar-refractivity contribution in [2.45, 2.75) is 13.1 Å². The van der Waals surface area contributed by atoms with Crippen LogP contribution in [0.1, 0.15) is 21.5 Å². The third-order valence-corrected chi connectivity index (χ3v) is 4.76. The predicted molar refractivity (Wildman–Crippen MR) is 109 cm³/mol. The number of benzene rings is 2. The quantitative estimate of drug-likeness (QED) is 0.512. The Bertz CT molecular complexity index is 927. The number of aromatic nitrogens is 3. The average molecular weight is 475 g/mol. The van der Waals surface area contributed by atoms with Crippen LogP contribution in [0.25, 0.3) is 0 Å². The molecule has 0 aliphatic carbocycles. The fourth-order valence-corrected chi connectivity index (χ4v) is 3.14. The molecule has 0 saturated heterocycles. The van der Waals surface area contributed by atoms with Crippen molar-refractivity contribution in [2.24, 2.45) is 0 Å². The van der Waals surface area contributed by atoms with Gasteiger partial charge in [-0.3, -0.25) is 9.59 Å². The molecule has 0 fully saturated rings. The van der Waals surface area contributed by atoms with Gasteiger partial charge in [0, 0.05) is 10.1 Å². The van der Waals surface area contributed by atoms with Crippen LogP contribution in [-0.4, -0.2) is 33.1 Å². The number of carbonyl (C=O) groups is 2. The number of nitrogens with zero attached hydrogens (tertiary/aromatic N) is 3. The van der Waals surface area contributed by atoms with E-state index in [0.29, 0.717) is 18.7 Å². The van der Waals surface area contributed by atoms with Crippen molar-refractivity contribution in [2.75, 3.05) is 6.54 Å². The summed E-state index contributed by atoms with van der Waals surface area (Å²) in [6.45, 7) is 0.943.